The summed E-state index contributed by atoms with van der Waals surface area (Å²) < 4.78 is 5.45. The molecule has 3 N–H and O–H groups in total. The van der Waals surface area contributed by atoms with Gasteiger partial charge in [0.1, 0.15) is 10.6 Å². The van der Waals surface area contributed by atoms with Crippen LogP contribution in [-0.4, -0.2) is 16.7 Å². The molecule has 0 saturated carbocycles. The van der Waals surface area contributed by atoms with E-state index in [1.54, 1.807) is 22.7 Å². The van der Waals surface area contributed by atoms with Crippen LogP contribution in [0.3, 0.4) is 0 Å². The van der Waals surface area contributed by atoms with E-state index in [0.717, 1.165) is 26.7 Å². The Morgan fingerprint density at radius 1 is 1.25 bits per heavy atom. The number of thiophene rings is 1. The number of carbonyl (C=O) groups excluding carboxylic acids is 1. The molecule has 0 aliphatic carbocycles. The van der Waals surface area contributed by atoms with Crippen molar-refractivity contribution >= 4 is 40.7 Å². The van der Waals surface area contributed by atoms with Crippen LogP contribution in [0.25, 0.3) is 11.3 Å². The molecule has 0 aliphatic rings. The summed E-state index contributed by atoms with van der Waals surface area (Å²) in [6.45, 7) is 5.55. The highest BCUT2D eigenvalue weighted by Gasteiger charge is 2.23. The first kappa shape index (κ1) is 20.9. The summed E-state index contributed by atoms with van der Waals surface area (Å²) >= 11 is 4.39. The van der Waals surface area contributed by atoms with Crippen molar-refractivity contribution in [2.45, 2.75) is 43.7 Å². The molecule has 0 bridgehead atoms. The Kier molecular flexibility index (Phi) is 6.77. The largest absolute Gasteiger partial charge is 0.444 e. The normalized spacial score (nSPS) is 12.6. The van der Waals surface area contributed by atoms with Gasteiger partial charge in [-0.25, -0.2) is 9.78 Å². The van der Waals surface area contributed by atoms with E-state index in [4.69, 9.17) is 14.9 Å². The second-order valence-electron chi connectivity index (χ2n) is 7.25. The van der Waals surface area contributed by atoms with Crippen LogP contribution in [0, 0.1) is 0 Å². The van der Waals surface area contributed by atoms with Gasteiger partial charge in [-0.3, -0.25) is 5.14 Å². The van der Waals surface area contributed by atoms with Gasteiger partial charge in [0.25, 0.3) is 0 Å². The Hall–Kier alpha value is -1.87. The standard InChI is InChI=1S/C20H23N3O2S3/c1-20(2,3)25-19(24)23-16(10-13-4-6-15(28-21)7-5-13)18-22-17(12-27-18)14-8-9-26-11-14/h4-9,11-12,16H,10,21H2,1-3H3,(H,23,24)/t16-/m0/s1. The Labute approximate surface area is 177 Å². The van der Waals surface area contributed by atoms with E-state index in [0.29, 0.717) is 6.42 Å². The third kappa shape index (κ3) is 5.81. The molecular formula is C20H23N3O2S3. The van der Waals surface area contributed by atoms with Crippen LogP contribution >= 0.6 is 34.6 Å². The van der Waals surface area contributed by atoms with Gasteiger partial charge in [0.05, 0.1) is 11.7 Å². The van der Waals surface area contributed by atoms with Crippen LogP contribution in [0.4, 0.5) is 4.79 Å². The molecule has 0 radical (unpaired) electrons. The van der Waals surface area contributed by atoms with Crippen molar-refractivity contribution in [3.05, 3.63) is 57.0 Å². The number of amides is 1. The number of benzene rings is 1. The maximum Gasteiger partial charge on any atom is 0.408 e. The molecule has 3 rings (SSSR count). The Morgan fingerprint density at radius 2 is 2.00 bits per heavy atom. The monoisotopic (exact) mass is 433 g/mol. The number of rotatable bonds is 6. The van der Waals surface area contributed by atoms with E-state index < -0.39 is 11.7 Å². The van der Waals surface area contributed by atoms with Crippen molar-refractivity contribution in [2.24, 2.45) is 5.14 Å². The fourth-order valence-electron chi connectivity index (χ4n) is 2.58. The minimum atomic E-state index is -0.556. The second kappa shape index (κ2) is 9.09. The first-order chi connectivity index (χ1) is 13.3. The first-order valence-electron chi connectivity index (χ1n) is 8.77. The quantitative estimate of drug-likeness (QED) is 0.492. The van der Waals surface area contributed by atoms with Crippen LogP contribution < -0.4 is 10.5 Å². The maximum absolute atomic E-state index is 12.4. The van der Waals surface area contributed by atoms with Gasteiger partial charge >= 0.3 is 6.09 Å². The lowest BCUT2D eigenvalue weighted by atomic mass is 10.1. The number of nitrogens with zero attached hydrogens (tertiary/aromatic N) is 1. The number of aromatic nitrogens is 1. The van der Waals surface area contributed by atoms with Gasteiger partial charge in [-0.05, 0) is 68.3 Å². The summed E-state index contributed by atoms with van der Waals surface area (Å²) in [4.78, 5) is 18.2. The molecule has 28 heavy (non-hydrogen) atoms. The predicted octanol–water partition coefficient (Wildman–Crippen LogP) is 5.65. The molecule has 1 amide bonds. The molecule has 8 heteroatoms. The van der Waals surface area contributed by atoms with E-state index in [9.17, 15) is 4.79 Å². The van der Waals surface area contributed by atoms with E-state index >= 15 is 0 Å². The summed E-state index contributed by atoms with van der Waals surface area (Å²) in [7, 11) is 0. The lowest BCUT2D eigenvalue weighted by molar-refractivity contribution is 0.0503. The number of ether oxygens (including phenoxy) is 1. The maximum atomic E-state index is 12.4. The highest BCUT2D eigenvalue weighted by Crippen LogP contribution is 2.29. The summed E-state index contributed by atoms with van der Waals surface area (Å²) in [6, 6.07) is 9.76. The molecule has 0 aliphatic heterocycles. The van der Waals surface area contributed by atoms with Gasteiger partial charge in [-0.2, -0.15) is 11.3 Å². The van der Waals surface area contributed by atoms with E-state index in [2.05, 4.69) is 10.7 Å². The van der Waals surface area contributed by atoms with Crippen LogP contribution in [0.5, 0.6) is 0 Å². The first-order valence-corrected chi connectivity index (χ1v) is 11.5. The summed E-state index contributed by atoms with van der Waals surface area (Å²) in [5.41, 5.74) is 2.55. The van der Waals surface area contributed by atoms with Gasteiger partial charge in [-0.15, -0.1) is 11.3 Å². The van der Waals surface area contributed by atoms with Gasteiger partial charge in [0, 0.05) is 21.2 Å². The number of nitrogens with one attached hydrogen (secondary N) is 1. The topological polar surface area (TPSA) is 77.2 Å². The van der Waals surface area contributed by atoms with Crippen molar-refractivity contribution in [1.82, 2.24) is 10.3 Å². The molecule has 0 unspecified atom stereocenters. The fourth-order valence-corrected chi connectivity index (χ4v) is 4.40. The zero-order valence-electron chi connectivity index (χ0n) is 16.0. The van der Waals surface area contributed by atoms with Crippen LogP contribution in [-0.2, 0) is 11.2 Å². The van der Waals surface area contributed by atoms with Crippen molar-refractivity contribution in [3.8, 4) is 11.3 Å². The molecule has 148 valence electrons. The van der Waals surface area contributed by atoms with E-state index in [1.165, 1.54) is 11.9 Å². The van der Waals surface area contributed by atoms with E-state index in [-0.39, 0.29) is 6.04 Å². The number of carbonyl (C=O) groups is 1. The van der Waals surface area contributed by atoms with Crippen LogP contribution in [0.2, 0.25) is 0 Å². The van der Waals surface area contributed by atoms with Gasteiger partial charge in [-0.1, -0.05) is 12.1 Å². The lowest BCUT2D eigenvalue weighted by Crippen LogP contribution is -2.35. The molecular weight excluding hydrogens is 410 g/mol. The van der Waals surface area contributed by atoms with Gasteiger partial charge in [0.15, 0.2) is 0 Å². The molecule has 2 aromatic heterocycles. The summed E-state index contributed by atoms with van der Waals surface area (Å²) in [5.74, 6) is 0. The van der Waals surface area contributed by atoms with Crippen molar-refractivity contribution in [3.63, 3.8) is 0 Å². The molecule has 1 atom stereocenters. The van der Waals surface area contributed by atoms with Gasteiger partial charge in [0.2, 0.25) is 0 Å². The zero-order chi connectivity index (χ0) is 20.1. The van der Waals surface area contributed by atoms with Crippen LogP contribution in [0.15, 0.2) is 51.4 Å². The lowest BCUT2D eigenvalue weighted by Gasteiger charge is -2.23. The highest BCUT2D eigenvalue weighted by atomic mass is 32.2. The Morgan fingerprint density at radius 3 is 2.61 bits per heavy atom. The average molecular weight is 434 g/mol. The molecule has 1 aromatic carbocycles. The molecule has 3 aromatic rings. The highest BCUT2D eigenvalue weighted by molar-refractivity contribution is 7.97. The fraction of sp³-hybridized carbons (Fsp3) is 0.300. The Bertz CT molecular complexity index is 900. The third-order valence-electron chi connectivity index (χ3n) is 3.83. The SMILES string of the molecule is CC(C)(C)OC(=O)N[C@@H](Cc1ccc(SN)cc1)c1nc(-c2ccsc2)cs1. The summed E-state index contributed by atoms with van der Waals surface area (Å²) in [6.07, 6.45) is 0.171. The third-order valence-corrected chi connectivity index (χ3v) is 6.01. The van der Waals surface area contributed by atoms with Crippen molar-refractivity contribution < 1.29 is 9.53 Å². The molecule has 0 spiro atoms. The van der Waals surface area contributed by atoms with E-state index in [1.807, 2.05) is 61.9 Å². The Balaban J connectivity index is 1.82. The number of thiazole rings is 1. The number of hydrogen-bond acceptors (Lipinski definition) is 7. The summed E-state index contributed by atoms with van der Waals surface area (Å²) in [5, 5.41) is 15.6. The zero-order valence-corrected chi connectivity index (χ0v) is 18.4. The molecule has 2 heterocycles. The number of hydrogen-bond donors (Lipinski definition) is 2. The average Bonchev–Trinajstić information content (AvgIpc) is 3.31. The number of alkyl carbamates (subject to hydrolysis) is 1. The van der Waals surface area contributed by atoms with Gasteiger partial charge < -0.3 is 10.1 Å². The molecule has 5 nitrogen and oxygen atoms in total. The minimum Gasteiger partial charge on any atom is -0.444 e. The van der Waals surface area contributed by atoms with Crippen molar-refractivity contribution in [2.75, 3.05) is 0 Å². The van der Waals surface area contributed by atoms with Crippen LogP contribution in [0.1, 0.15) is 37.4 Å². The van der Waals surface area contributed by atoms with Crippen molar-refractivity contribution in [1.29, 1.82) is 0 Å². The number of nitrogens with two attached hydrogens (primary N) is 1. The molecule has 0 saturated heterocycles. The predicted molar refractivity (Wildman–Crippen MR) is 118 cm³/mol. The molecule has 0 fully saturated rings. The second-order valence-corrected chi connectivity index (χ2v) is 9.62. The minimum absolute atomic E-state index is 0.274. The smallest absolute Gasteiger partial charge is 0.408 e.